The summed E-state index contributed by atoms with van der Waals surface area (Å²) in [5.41, 5.74) is 3.74. The summed E-state index contributed by atoms with van der Waals surface area (Å²) in [6, 6.07) is 27.9. The van der Waals surface area contributed by atoms with Gasteiger partial charge in [-0.2, -0.15) is 0 Å². The van der Waals surface area contributed by atoms with E-state index in [1.165, 1.54) is 4.57 Å². The van der Waals surface area contributed by atoms with E-state index in [2.05, 4.69) is 0 Å². The normalized spacial score (nSPS) is 15.2. The Balaban J connectivity index is 1.38. The summed E-state index contributed by atoms with van der Waals surface area (Å²) in [5.74, 6) is 0. The van der Waals surface area contributed by atoms with Crippen molar-refractivity contribution in [2.24, 2.45) is 0 Å². The van der Waals surface area contributed by atoms with Crippen molar-refractivity contribution in [3.8, 4) is 44.8 Å². The number of hydrogen-bond acceptors (Lipinski definition) is 0. The zero-order valence-corrected chi connectivity index (χ0v) is 27.3. The zero-order chi connectivity index (χ0) is 45.2. The lowest BCUT2D eigenvalue weighted by atomic mass is 9.98. The molecule has 51 heavy (non-hydrogen) atoms. The summed E-state index contributed by atoms with van der Waals surface area (Å²) >= 11 is 0. The average Bonchev–Trinajstić information content (AvgIpc) is 3.88. The molecule has 0 aliphatic carbocycles. The molecule has 10 rings (SSSR count). The van der Waals surface area contributed by atoms with Crippen LogP contribution in [0.1, 0.15) is 23.4 Å². The molecule has 0 atom stereocenters. The van der Waals surface area contributed by atoms with Crippen LogP contribution >= 0.6 is 0 Å². The third-order valence-corrected chi connectivity index (χ3v) is 9.22. The molecule has 0 amide bonds. The van der Waals surface area contributed by atoms with Crippen molar-refractivity contribution in [3.63, 3.8) is 0 Å². The van der Waals surface area contributed by atoms with Gasteiger partial charge in [0.1, 0.15) is 0 Å². The molecule has 0 bridgehead atoms. The molecule has 0 aliphatic rings. The molecule has 0 fully saturated rings. The van der Waals surface area contributed by atoms with Crippen molar-refractivity contribution >= 4 is 43.6 Å². The van der Waals surface area contributed by atoms with Crippen LogP contribution in [0.5, 0.6) is 0 Å². The monoisotopic (exact) mass is 663 g/mol. The van der Waals surface area contributed by atoms with Crippen LogP contribution in [-0.4, -0.2) is 9.13 Å². The van der Waals surface area contributed by atoms with Crippen molar-refractivity contribution in [2.45, 2.75) is 6.92 Å². The molecule has 0 saturated heterocycles. The van der Waals surface area contributed by atoms with Crippen LogP contribution in [0.4, 0.5) is 0 Å². The predicted molar refractivity (Wildman–Crippen MR) is 216 cm³/mol. The van der Waals surface area contributed by atoms with Crippen molar-refractivity contribution in [3.05, 3.63) is 193 Å². The second-order valence-electron chi connectivity index (χ2n) is 12.4. The van der Waals surface area contributed by atoms with Gasteiger partial charge in [-0.15, -0.1) is 0 Å². The second kappa shape index (κ2) is 11.8. The third kappa shape index (κ3) is 4.87. The van der Waals surface area contributed by atoms with Crippen LogP contribution in [-0.2, 0) is 0 Å². The number of benzene rings is 8. The highest BCUT2D eigenvalue weighted by atomic mass is 15.0. The first-order chi connectivity index (χ1) is 30.6. The van der Waals surface area contributed by atoms with Gasteiger partial charge in [0.15, 0.2) is 0 Å². The Hall–Kier alpha value is -6.64. The molecule has 0 unspecified atom stereocenters. The van der Waals surface area contributed by atoms with E-state index >= 15 is 0 Å². The van der Waals surface area contributed by atoms with Crippen LogP contribution < -0.4 is 0 Å². The fourth-order valence-corrected chi connectivity index (χ4v) is 6.89. The molecule has 2 heterocycles. The van der Waals surface area contributed by atoms with E-state index in [1.54, 1.807) is 41.8 Å². The highest BCUT2D eigenvalue weighted by Crippen LogP contribution is 2.40. The van der Waals surface area contributed by atoms with Crippen molar-refractivity contribution < 1.29 is 17.8 Å². The van der Waals surface area contributed by atoms with E-state index in [9.17, 15) is 11.0 Å². The summed E-state index contributed by atoms with van der Waals surface area (Å²) in [7, 11) is 0. The van der Waals surface area contributed by atoms with E-state index in [4.69, 9.17) is 6.85 Å². The lowest BCUT2D eigenvalue weighted by Gasteiger charge is -2.14. The van der Waals surface area contributed by atoms with Gasteiger partial charge in [0.25, 0.3) is 0 Å². The summed E-state index contributed by atoms with van der Waals surface area (Å²) < 4.78 is 124. The Kier molecular flexibility index (Phi) is 4.36. The van der Waals surface area contributed by atoms with E-state index in [0.717, 1.165) is 22.3 Å². The van der Waals surface area contributed by atoms with Crippen molar-refractivity contribution in [2.75, 3.05) is 0 Å². The van der Waals surface area contributed by atoms with Gasteiger partial charge in [-0.25, -0.2) is 0 Å². The highest BCUT2D eigenvalue weighted by molar-refractivity contribution is 6.13. The smallest absolute Gasteiger partial charge is 0.0648 e. The van der Waals surface area contributed by atoms with Crippen molar-refractivity contribution in [1.82, 2.24) is 9.13 Å². The summed E-state index contributed by atoms with van der Waals surface area (Å²) in [6.45, 7) is 1.56. The molecular formula is C49H34N2. The number of aromatic nitrogens is 2. The van der Waals surface area contributed by atoms with Gasteiger partial charge < -0.3 is 9.13 Å². The minimum absolute atomic E-state index is 0.00163. The first-order valence-corrected chi connectivity index (χ1v) is 16.6. The summed E-state index contributed by atoms with van der Waals surface area (Å²) in [5, 5.41) is -0.231. The minimum Gasteiger partial charge on any atom is -0.309 e. The maximum atomic E-state index is 9.95. The fraction of sp³-hybridized carbons (Fsp3) is 0.0204. The second-order valence-corrected chi connectivity index (χ2v) is 12.4. The lowest BCUT2D eigenvalue weighted by Crippen LogP contribution is -1.96. The molecular weight excluding hydrogens is 617 g/mol. The number of hydrogen-bond donors (Lipinski definition) is 0. The molecule has 240 valence electrons. The molecule has 0 aliphatic heterocycles. The quantitative estimate of drug-likeness (QED) is 0.173. The van der Waals surface area contributed by atoms with Gasteiger partial charge in [-0.05, 0) is 112 Å². The highest BCUT2D eigenvalue weighted by Gasteiger charge is 2.17. The number of fused-ring (bicyclic) bond motifs is 6. The minimum atomic E-state index is -0.579. The fourth-order valence-electron chi connectivity index (χ4n) is 6.89. The Morgan fingerprint density at radius 2 is 0.882 bits per heavy atom. The molecule has 0 N–H and O–H groups in total. The van der Waals surface area contributed by atoms with Crippen LogP contribution in [0.2, 0.25) is 0 Å². The topological polar surface area (TPSA) is 9.86 Å². The Bertz CT molecular complexity index is 3580. The number of rotatable bonds is 5. The molecule has 0 spiro atoms. The van der Waals surface area contributed by atoms with Gasteiger partial charge >= 0.3 is 0 Å². The molecule has 0 radical (unpaired) electrons. The van der Waals surface area contributed by atoms with Gasteiger partial charge in [0.2, 0.25) is 0 Å². The predicted octanol–water partition coefficient (Wildman–Crippen LogP) is 13.2. The Morgan fingerprint density at radius 3 is 1.49 bits per heavy atom. The van der Waals surface area contributed by atoms with Crippen LogP contribution in [0.3, 0.4) is 0 Å². The molecule has 2 nitrogen and oxygen atoms in total. The first-order valence-electron chi connectivity index (χ1n) is 23.1. The van der Waals surface area contributed by atoms with Gasteiger partial charge in [-0.3, -0.25) is 0 Å². The molecule has 8 aromatic carbocycles. The zero-order valence-electron chi connectivity index (χ0n) is 40.3. The van der Waals surface area contributed by atoms with Crippen LogP contribution in [0.25, 0.3) is 88.4 Å². The summed E-state index contributed by atoms with van der Waals surface area (Å²) in [6.07, 6.45) is 0. The Labute approximate surface area is 315 Å². The lowest BCUT2D eigenvalue weighted by molar-refractivity contribution is 1.18. The Morgan fingerprint density at radius 1 is 0.373 bits per heavy atom. The van der Waals surface area contributed by atoms with Crippen molar-refractivity contribution in [1.29, 1.82) is 0 Å². The maximum absolute atomic E-state index is 9.95. The number of nitrogens with zero attached hydrogens (tertiary/aromatic N) is 2. The van der Waals surface area contributed by atoms with Gasteiger partial charge in [0.05, 0.1) is 39.9 Å². The summed E-state index contributed by atoms with van der Waals surface area (Å²) in [4.78, 5) is 0. The van der Waals surface area contributed by atoms with E-state index in [-0.39, 0.29) is 78.4 Å². The van der Waals surface area contributed by atoms with E-state index in [1.807, 2.05) is 78.9 Å². The maximum Gasteiger partial charge on any atom is 0.0648 e. The SMILES string of the molecule is [2H]c1c([2H])c([2H])c2c(c1[2H])c1c([2H])c(-c3c([2H])c([2H])c4c(c3[2H])c3c([2H])c([2H])c(C)c([2H])c3n4-c3cc(-c4ccccc4)cc(-c4ccccc4)c3)c([2H])c([2H])c1n2-c1ccccc1. The van der Waals surface area contributed by atoms with E-state index in [0.29, 0.717) is 11.4 Å². The standard InChI is InChI=1S/C49H34N2/c1-33-21-24-43-45-32-37(36-22-25-47-44(31-36)42-19-11-12-20-46(42)50(47)40-17-9-4-10-18-40)23-26-48(45)51(49(43)27-33)41-29-38(34-13-5-2-6-14-34)28-39(30-41)35-15-7-3-8-16-35/h2-32H,1H3/i11D,12D,19D,20D,21D,22D,23D,24D,25D,26D,27D,31D,32D. The van der Waals surface area contributed by atoms with E-state index < -0.39 is 60.4 Å². The third-order valence-electron chi connectivity index (χ3n) is 9.22. The van der Waals surface area contributed by atoms with Crippen LogP contribution in [0, 0.1) is 6.92 Å². The van der Waals surface area contributed by atoms with Crippen LogP contribution in [0.15, 0.2) is 188 Å². The molecule has 10 aromatic rings. The van der Waals surface area contributed by atoms with Gasteiger partial charge in [0, 0.05) is 32.9 Å². The molecule has 2 aromatic heterocycles. The average molecular weight is 664 g/mol. The van der Waals surface area contributed by atoms with Gasteiger partial charge in [-0.1, -0.05) is 121 Å². The first kappa shape index (κ1) is 18.9. The number of para-hydroxylation sites is 2. The molecule has 2 heteroatoms. The largest absolute Gasteiger partial charge is 0.309 e. The molecule has 0 saturated carbocycles.